The molecule has 0 saturated carbocycles. The molecule has 22 heavy (non-hydrogen) atoms. The van der Waals surface area contributed by atoms with E-state index in [0.717, 1.165) is 12.1 Å². The van der Waals surface area contributed by atoms with Crippen LogP contribution in [0.1, 0.15) is 35.9 Å². The number of aromatic nitrogens is 2. The molecule has 1 amide bonds. The average Bonchev–Trinajstić information content (AvgIpc) is 2.55. The van der Waals surface area contributed by atoms with E-state index in [1.54, 1.807) is 12.4 Å². The number of benzene rings is 1. The van der Waals surface area contributed by atoms with Gasteiger partial charge in [-0.1, -0.05) is 30.3 Å². The molecule has 1 aliphatic heterocycles. The second-order valence-corrected chi connectivity index (χ2v) is 6.21. The summed E-state index contributed by atoms with van der Waals surface area (Å²) < 4.78 is 0. The molecule has 1 saturated heterocycles. The molecule has 0 radical (unpaired) electrons. The van der Waals surface area contributed by atoms with Crippen molar-refractivity contribution < 1.29 is 4.79 Å². The van der Waals surface area contributed by atoms with Gasteiger partial charge in [0.25, 0.3) is 5.91 Å². The van der Waals surface area contributed by atoms with Crippen LogP contribution in [-0.4, -0.2) is 39.4 Å². The van der Waals surface area contributed by atoms with Crippen molar-refractivity contribution >= 4 is 5.91 Å². The van der Waals surface area contributed by atoms with Gasteiger partial charge in [-0.25, -0.2) is 4.98 Å². The highest BCUT2D eigenvalue weighted by atomic mass is 16.2. The van der Waals surface area contributed by atoms with Crippen LogP contribution < -0.4 is 5.32 Å². The van der Waals surface area contributed by atoms with Crippen LogP contribution in [0.25, 0.3) is 0 Å². The van der Waals surface area contributed by atoms with Gasteiger partial charge in [-0.2, -0.15) is 0 Å². The SMILES string of the molecule is CC1(C)CN(C(=O)c2cnccn2)C(c2ccccc2)CN1. The zero-order valence-electron chi connectivity index (χ0n) is 12.9. The van der Waals surface area contributed by atoms with Gasteiger partial charge < -0.3 is 10.2 Å². The Morgan fingerprint density at radius 3 is 2.73 bits per heavy atom. The Balaban J connectivity index is 1.93. The van der Waals surface area contributed by atoms with Gasteiger partial charge in [-0.3, -0.25) is 9.78 Å². The molecule has 1 fully saturated rings. The molecule has 1 aromatic carbocycles. The summed E-state index contributed by atoms with van der Waals surface area (Å²) in [5, 5.41) is 3.51. The summed E-state index contributed by atoms with van der Waals surface area (Å²) in [7, 11) is 0. The Morgan fingerprint density at radius 2 is 2.05 bits per heavy atom. The molecule has 5 nitrogen and oxygen atoms in total. The van der Waals surface area contributed by atoms with Crippen LogP contribution in [0, 0.1) is 0 Å². The summed E-state index contributed by atoms with van der Waals surface area (Å²) in [6.45, 7) is 5.56. The van der Waals surface area contributed by atoms with Crippen LogP contribution in [-0.2, 0) is 0 Å². The monoisotopic (exact) mass is 296 g/mol. The van der Waals surface area contributed by atoms with Crippen molar-refractivity contribution in [2.45, 2.75) is 25.4 Å². The third-order valence-corrected chi connectivity index (χ3v) is 3.94. The standard InChI is InChI=1S/C17H20N4O/c1-17(2)12-21(16(22)14-10-18-8-9-19-14)15(11-20-17)13-6-4-3-5-7-13/h3-10,15,20H,11-12H2,1-2H3. The Morgan fingerprint density at radius 1 is 1.27 bits per heavy atom. The molecule has 1 unspecified atom stereocenters. The summed E-state index contributed by atoms with van der Waals surface area (Å²) in [5.74, 6) is -0.0727. The Labute approximate surface area is 130 Å². The van der Waals surface area contributed by atoms with E-state index in [1.807, 2.05) is 23.1 Å². The highest BCUT2D eigenvalue weighted by Crippen LogP contribution is 2.28. The molecule has 1 aromatic heterocycles. The number of nitrogens with zero attached hydrogens (tertiary/aromatic N) is 3. The van der Waals surface area contributed by atoms with Gasteiger partial charge >= 0.3 is 0 Å². The summed E-state index contributed by atoms with van der Waals surface area (Å²) in [6.07, 6.45) is 4.66. The van der Waals surface area contributed by atoms with Gasteiger partial charge in [0.1, 0.15) is 5.69 Å². The molecule has 1 N–H and O–H groups in total. The minimum Gasteiger partial charge on any atom is -0.327 e. The predicted octanol–water partition coefficient (Wildman–Crippen LogP) is 2.04. The van der Waals surface area contributed by atoms with Crippen molar-refractivity contribution in [3.05, 3.63) is 60.2 Å². The molecule has 5 heteroatoms. The lowest BCUT2D eigenvalue weighted by atomic mass is 9.94. The number of hydrogen-bond donors (Lipinski definition) is 1. The lowest BCUT2D eigenvalue weighted by Gasteiger charge is -2.44. The smallest absolute Gasteiger partial charge is 0.274 e. The van der Waals surface area contributed by atoms with E-state index < -0.39 is 0 Å². The van der Waals surface area contributed by atoms with E-state index in [4.69, 9.17) is 0 Å². The first-order valence-electron chi connectivity index (χ1n) is 7.44. The van der Waals surface area contributed by atoms with E-state index in [1.165, 1.54) is 6.20 Å². The summed E-state index contributed by atoms with van der Waals surface area (Å²) in [6, 6.07) is 10.1. The number of carbonyl (C=O) groups is 1. The molecule has 2 heterocycles. The van der Waals surface area contributed by atoms with Crippen LogP contribution >= 0.6 is 0 Å². The number of carbonyl (C=O) groups excluding carboxylic acids is 1. The lowest BCUT2D eigenvalue weighted by Crippen LogP contribution is -2.59. The van der Waals surface area contributed by atoms with Gasteiger partial charge in [-0.05, 0) is 19.4 Å². The van der Waals surface area contributed by atoms with Crippen LogP contribution in [0.15, 0.2) is 48.9 Å². The molecule has 0 spiro atoms. The second kappa shape index (κ2) is 5.85. The third kappa shape index (κ3) is 2.99. The number of hydrogen-bond acceptors (Lipinski definition) is 4. The van der Waals surface area contributed by atoms with Gasteiger partial charge in [-0.15, -0.1) is 0 Å². The fraction of sp³-hybridized carbons (Fsp3) is 0.353. The van der Waals surface area contributed by atoms with Gasteiger partial charge in [0.15, 0.2) is 0 Å². The van der Waals surface area contributed by atoms with E-state index in [-0.39, 0.29) is 17.5 Å². The molecule has 1 atom stereocenters. The van der Waals surface area contributed by atoms with Gasteiger partial charge in [0.05, 0.1) is 12.2 Å². The van der Waals surface area contributed by atoms with Crippen molar-refractivity contribution in [1.29, 1.82) is 0 Å². The summed E-state index contributed by atoms with van der Waals surface area (Å²) in [5.41, 5.74) is 1.40. The Kier molecular flexibility index (Phi) is 3.90. The Hall–Kier alpha value is -2.27. The first kappa shape index (κ1) is 14.7. The highest BCUT2D eigenvalue weighted by Gasteiger charge is 2.36. The largest absolute Gasteiger partial charge is 0.327 e. The van der Waals surface area contributed by atoms with Crippen molar-refractivity contribution in [2.75, 3.05) is 13.1 Å². The minimum atomic E-state index is -0.122. The molecule has 1 aliphatic rings. The Bertz CT molecular complexity index is 642. The number of rotatable bonds is 2. The molecular weight excluding hydrogens is 276 g/mol. The van der Waals surface area contributed by atoms with Crippen LogP contribution in [0.4, 0.5) is 0 Å². The maximum atomic E-state index is 12.9. The molecule has 2 aromatic rings. The zero-order chi connectivity index (χ0) is 15.6. The van der Waals surface area contributed by atoms with Crippen molar-refractivity contribution in [3.8, 4) is 0 Å². The fourth-order valence-electron chi connectivity index (χ4n) is 2.82. The van der Waals surface area contributed by atoms with E-state index in [0.29, 0.717) is 12.2 Å². The maximum absolute atomic E-state index is 12.9. The summed E-state index contributed by atoms with van der Waals surface area (Å²) >= 11 is 0. The quantitative estimate of drug-likeness (QED) is 0.921. The van der Waals surface area contributed by atoms with E-state index in [2.05, 4.69) is 41.3 Å². The van der Waals surface area contributed by atoms with Crippen molar-refractivity contribution in [3.63, 3.8) is 0 Å². The lowest BCUT2D eigenvalue weighted by molar-refractivity contribution is 0.0495. The third-order valence-electron chi connectivity index (χ3n) is 3.94. The first-order chi connectivity index (χ1) is 10.6. The van der Waals surface area contributed by atoms with Crippen LogP contribution in [0.3, 0.4) is 0 Å². The van der Waals surface area contributed by atoms with Gasteiger partial charge in [0.2, 0.25) is 0 Å². The molecule has 3 rings (SSSR count). The van der Waals surface area contributed by atoms with E-state index in [9.17, 15) is 4.79 Å². The van der Waals surface area contributed by atoms with E-state index >= 15 is 0 Å². The summed E-state index contributed by atoms with van der Waals surface area (Å²) in [4.78, 5) is 22.9. The molecule has 0 bridgehead atoms. The first-order valence-corrected chi connectivity index (χ1v) is 7.44. The second-order valence-electron chi connectivity index (χ2n) is 6.21. The minimum absolute atomic E-state index is 0.00345. The average molecular weight is 296 g/mol. The normalized spacial score (nSPS) is 20.6. The predicted molar refractivity (Wildman–Crippen MR) is 84.3 cm³/mol. The topological polar surface area (TPSA) is 58.1 Å². The fourth-order valence-corrected chi connectivity index (χ4v) is 2.82. The van der Waals surface area contributed by atoms with Crippen molar-refractivity contribution in [1.82, 2.24) is 20.2 Å². The highest BCUT2D eigenvalue weighted by molar-refractivity contribution is 5.92. The van der Waals surface area contributed by atoms with Gasteiger partial charge in [0, 0.05) is 31.0 Å². The number of amides is 1. The van der Waals surface area contributed by atoms with Crippen LogP contribution in [0.5, 0.6) is 0 Å². The molecule has 114 valence electrons. The van der Waals surface area contributed by atoms with Crippen molar-refractivity contribution in [2.24, 2.45) is 0 Å². The van der Waals surface area contributed by atoms with Crippen LogP contribution in [0.2, 0.25) is 0 Å². The maximum Gasteiger partial charge on any atom is 0.274 e. The zero-order valence-corrected chi connectivity index (χ0v) is 12.9. The molecule has 0 aliphatic carbocycles. The number of piperazine rings is 1. The number of nitrogens with one attached hydrogen (secondary N) is 1. The molecular formula is C17H20N4O.